The molecule has 0 spiro atoms. The first-order chi connectivity index (χ1) is 18.9. The van der Waals surface area contributed by atoms with Crippen LogP contribution < -0.4 is 9.47 Å². The van der Waals surface area contributed by atoms with E-state index in [1.165, 1.54) is 19.2 Å². The van der Waals surface area contributed by atoms with Gasteiger partial charge in [-0.15, -0.1) is 0 Å². The van der Waals surface area contributed by atoms with Crippen LogP contribution in [-0.2, 0) is 17.6 Å². The Hall–Kier alpha value is -3.75. The van der Waals surface area contributed by atoms with Crippen LogP contribution in [0.25, 0.3) is 0 Å². The van der Waals surface area contributed by atoms with E-state index < -0.39 is 23.8 Å². The van der Waals surface area contributed by atoms with Gasteiger partial charge < -0.3 is 29.3 Å². The van der Waals surface area contributed by atoms with E-state index in [4.69, 9.17) is 25.8 Å². The molecular formula is C31H34ClNO7. The highest BCUT2D eigenvalue weighted by Crippen LogP contribution is 2.35. The summed E-state index contributed by atoms with van der Waals surface area (Å²) in [6.07, 6.45) is 0.509. The van der Waals surface area contributed by atoms with E-state index in [0.29, 0.717) is 34.9 Å². The molecule has 1 aliphatic carbocycles. The van der Waals surface area contributed by atoms with E-state index in [2.05, 4.69) is 0 Å². The first-order valence-electron chi connectivity index (χ1n) is 13.1. The number of benzene rings is 3. The van der Waals surface area contributed by atoms with Crippen molar-refractivity contribution < 1.29 is 34.0 Å². The molecule has 0 saturated heterocycles. The Morgan fingerprint density at radius 1 is 1.05 bits per heavy atom. The molecule has 2 atom stereocenters. The molecule has 0 heterocycles. The molecule has 8 nitrogen and oxygen atoms in total. The summed E-state index contributed by atoms with van der Waals surface area (Å²) in [7, 11) is 1.49. The van der Waals surface area contributed by atoms with E-state index in [1.54, 1.807) is 35.2 Å². The number of hydrogen-bond acceptors (Lipinski definition) is 6. The number of carbonyl (C=O) groups is 2. The Labute approximate surface area is 239 Å². The standard InChI is InChI=1S/C31H34ClNO7/c1-31(2,3)40-30(37)33(18-26(34)20-6-5-7-23(32)14-20)24-11-8-19-9-12-25(16-22(19)15-24)39-28-17-21(29(35)36)10-13-27(28)38-4/h5-7,9-10,12-14,16-17,24,26,34H,8,11,15,18H2,1-4H3,(H,35,36)/t24-,26-/m0/s1. The number of carbonyl (C=O) groups excluding carboxylic acids is 1. The van der Waals surface area contributed by atoms with Gasteiger partial charge in [0.15, 0.2) is 11.5 Å². The van der Waals surface area contributed by atoms with Crippen LogP contribution in [0.5, 0.6) is 17.2 Å². The number of fused-ring (bicyclic) bond motifs is 1. The van der Waals surface area contributed by atoms with Gasteiger partial charge in [0.1, 0.15) is 11.4 Å². The van der Waals surface area contributed by atoms with Crippen molar-refractivity contribution in [2.75, 3.05) is 13.7 Å². The maximum absolute atomic E-state index is 13.3. The molecule has 2 N–H and O–H groups in total. The number of amides is 1. The molecular weight excluding hydrogens is 534 g/mol. The van der Waals surface area contributed by atoms with Crippen molar-refractivity contribution in [2.45, 2.75) is 57.8 Å². The number of aliphatic hydroxyl groups is 1. The van der Waals surface area contributed by atoms with Gasteiger partial charge in [0.05, 0.1) is 25.3 Å². The smallest absolute Gasteiger partial charge is 0.410 e. The predicted octanol–water partition coefficient (Wildman–Crippen LogP) is 6.67. The number of hydrogen-bond donors (Lipinski definition) is 2. The van der Waals surface area contributed by atoms with E-state index >= 15 is 0 Å². The lowest BCUT2D eigenvalue weighted by Gasteiger charge is -2.37. The third kappa shape index (κ3) is 7.25. The molecule has 0 fully saturated rings. The molecule has 1 amide bonds. The molecule has 0 bridgehead atoms. The second-order valence-electron chi connectivity index (χ2n) is 10.8. The number of carboxylic acids is 1. The number of methoxy groups -OCH3 is 1. The summed E-state index contributed by atoms with van der Waals surface area (Å²) in [4.78, 5) is 26.4. The summed E-state index contributed by atoms with van der Waals surface area (Å²) >= 11 is 6.13. The lowest BCUT2D eigenvalue weighted by molar-refractivity contribution is 0.00194. The van der Waals surface area contributed by atoms with E-state index in [1.807, 2.05) is 39.0 Å². The van der Waals surface area contributed by atoms with Gasteiger partial charge in [-0.1, -0.05) is 29.8 Å². The summed E-state index contributed by atoms with van der Waals surface area (Å²) in [5, 5.41) is 20.9. The highest BCUT2D eigenvalue weighted by Gasteiger charge is 2.33. The molecule has 40 heavy (non-hydrogen) atoms. The van der Waals surface area contributed by atoms with Crippen LogP contribution in [0.3, 0.4) is 0 Å². The first-order valence-corrected chi connectivity index (χ1v) is 13.5. The lowest BCUT2D eigenvalue weighted by atomic mass is 9.87. The number of carboxylic acid groups (broad SMARTS) is 1. The van der Waals surface area contributed by atoms with Crippen LogP contribution in [0.2, 0.25) is 5.02 Å². The first kappa shape index (κ1) is 29.2. The van der Waals surface area contributed by atoms with Gasteiger partial charge in [-0.2, -0.15) is 0 Å². The molecule has 3 aromatic carbocycles. The van der Waals surface area contributed by atoms with Gasteiger partial charge in [-0.05, 0) is 99.2 Å². The quantitative estimate of drug-likeness (QED) is 0.313. The van der Waals surface area contributed by atoms with Crippen LogP contribution in [0.15, 0.2) is 60.7 Å². The van der Waals surface area contributed by atoms with Gasteiger partial charge in [-0.25, -0.2) is 9.59 Å². The maximum Gasteiger partial charge on any atom is 0.410 e. The average molecular weight is 568 g/mol. The van der Waals surface area contributed by atoms with Gasteiger partial charge >= 0.3 is 12.1 Å². The average Bonchev–Trinajstić information content (AvgIpc) is 2.90. The Bertz CT molecular complexity index is 1380. The van der Waals surface area contributed by atoms with Crippen molar-refractivity contribution in [3.05, 3.63) is 87.9 Å². The predicted molar refractivity (Wildman–Crippen MR) is 152 cm³/mol. The van der Waals surface area contributed by atoms with Crippen molar-refractivity contribution >= 4 is 23.7 Å². The number of halogens is 1. The molecule has 0 unspecified atom stereocenters. The van der Waals surface area contributed by atoms with Crippen molar-refractivity contribution in [1.29, 1.82) is 0 Å². The van der Waals surface area contributed by atoms with Gasteiger partial charge in [0, 0.05) is 11.1 Å². The molecule has 212 valence electrons. The second kappa shape index (κ2) is 12.2. The summed E-state index contributed by atoms with van der Waals surface area (Å²) in [6, 6.07) is 16.9. The summed E-state index contributed by atoms with van der Waals surface area (Å²) in [6.45, 7) is 5.47. The number of aliphatic hydroxyl groups excluding tert-OH is 1. The molecule has 0 aliphatic heterocycles. The van der Waals surface area contributed by atoms with Gasteiger partial charge in [0.2, 0.25) is 0 Å². The molecule has 4 rings (SSSR count). The van der Waals surface area contributed by atoms with Crippen molar-refractivity contribution in [3.63, 3.8) is 0 Å². The maximum atomic E-state index is 13.3. The topological polar surface area (TPSA) is 106 Å². The number of aromatic carboxylic acids is 1. The fraction of sp³-hybridized carbons (Fsp3) is 0.355. The van der Waals surface area contributed by atoms with Crippen LogP contribution in [0, 0.1) is 0 Å². The SMILES string of the molecule is COc1ccc(C(=O)O)cc1Oc1ccc2c(c1)C[C@@H](N(C[C@H](O)c1cccc(Cl)c1)C(=O)OC(C)(C)C)CC2. The van der Waals surface area contributed by atoms with Crippen molar-refractivity contribution in [1.82, 2.24) is 4.90 Å². The zero-order valence-corrected chi connectivity index (χ0v) is 23.8. The molecule has 0 radical (unpaired) electrons. The third-order valence-electron chi connectivity index (χ3n) is 6.69. The largest absolute Gasteiger partial charge is 0.493 e. The summed E-state index contributed by atoms with van der Waals surface area (Å²) in [5.41, 5.74) is 2.13. The van der Waals surface area contributed by atoms with Crippen molar-refractivity contribution in [2.24, 2.45) is 0 Å². The van der Waals surface area contributed by atoms with E-state index in [0.717, 1.165) is 17.5 Å². The molecule has 0 aromatic heterocycles. The second-order valence-corrected chi connectivity index (χ2v) is 11.2. The lowest BCUT2D eigenvalue weighted by Crippen LogP contribution is -2.47. The number of aryl methyl sites for hydroxylation is 1. The van der Waals surface area contributed by atoms with Crippen LogP contribution in [0.4, 0.5) is 4.79 Å². The van der Waals surface area contributed by atoms with Gasteiger partial charge in [0.25, 0.3) is 0 Å². The minimum absolute atomic E-state index is 0.0463. The van der Waals surface area contributed by atoms with Gasteiger partial charge in [-0.3, -0.25) is 0 Å². The number of rotatable bonds is 8. The highest BCUT2D eigenvalue weighted by molar-refractivity contribution is 6.30. The minimum Gasteiger partial charge on any atom is -0.493 e. The normalized spacial score (nSPS) is 15.5. The Balaban J connectivity index is 1.59. The van der Waals surface area contributed by atoms with Crippen LogP contribution >= 0.6 is 11.6 Å². The minimum atomic E-state index is -1.07. The fourth-order valence-corrected chi connectivity index (χ4v) is 4.96. The van der Waals surface area contributed by atoms with Crippen LogP contribution in [0.1, 0.15) is 60.3 Å². The highest BCUT2D eigenvalue weighted by atomic mass is 35.5. The zero-order valence-electron chi connectivity index (χ0n) is 23.0. The van der Waals surface area contributed by atoms with E-state index in [9.17, 15) is 19.8 Å². The molecule has 1 aliphatic rings. The number of nitrogens with zero attached hydrogens (tertiary/aromatic N) is 1. The Kier molecular flexibility index (Phi) is 8.91. The summed E-state index contributed by atoms with van der Waals surface area (Å²) in [5.74, 6) is 0.146. The Morgan fingerprint density at radius 2 is 1.82 bits per heavy atom. The summed E-state index contributed by atoms with van der Waals surface area (Å²) < 4.78 is 17.1. The fourth-order valence-electron chi connectivity index (χ4n) is 4.76. The monoisotopic (exact) mass is 567 g/mol. The third-order valence-corrected chi connectivity index (χ3v) is 6.93. The van der Waals surface area contributed by atoms with Crippen molar-refractivity contribution in [3.8, 4) is 17.2 Å². The van der Waals surface area contributed by atoms with Crippen LogP contribution in [-0.4, -0.2) is 52.5 Å². The number of ether oxygens (including phenoxy) is 3. The van der Waals surface area contributed by atoms with E-state index in [-0.39, 0.29) is 23.9 Å². The molecule has 3 aromatic rings. The Morgan fingerprint density at radius 3 is 2.50 bits per heavy atom. The zero-order chi connectivity index (χ0) is 29.0. The molecule has 0 saturated carbocycles. The molecule has 9 heteroatoms.